The van der Waals surface area contributed by atoms with E-state index in [1.54, 1.807) is 13.0 Å². The summed E-state index contributed by atoms with van der Waals surface area (Å²) in [6, 6.07) is 9.27. The van der Waals surface area contributed by atoms with E-state index in [2.05, 4.69) is 21.9 Å². The van der Waals surface area contributed by atoms with Gasteiger partial charge in [0, 0.05) is 36.3 Å². The van der Waals surface area contributed by atoms with Crippen molar-refractivity contribution in [3.8, 4) is 0 Å². The zero-order valence-corrected chi connectivity index (χ0v) is 15.8. The van der Waals surface area contributed by atoms with Crippen LogP contribution < -0.4 is 10.6 Å². The molecular formula is C19H24ClN3O3. The number of carbonyl (C=O) groups is 1. The summed E-state index contributed by atoms with van der Waals surface area (Å²) in [6.07, 6.45) is 1.77. The Morgan fingerprint density at radius 1 is 1.35 bits per heavy atom. The smallest absolute Gasteiger partial charge is 0.243 e. The summed E-state index contributed by atoms with van der Waals surface area (Å²) in [5.41, 5.74) is 1.81. The van der Waals surface area contributed by atoms with Gasteiger partial charge in [0.15, 0.2) is 0 Å². The quantitative estimate of drug-likeness (QED) is 0.807. The molecule has 26 heavy (non-hydrogen) atoms. The second kappa shape index (κ2) is 8.20. The van der Waals surface area contributed by atoms with E-state index in [1.165, 1.54) is 5.56 Å². The van der Waals surface area contributed by atoms with Crippen LogP contribution >= 0.6 is 11.6 Å². The molecule has 0 unspecified atom stereocenters. The number of amides is 1. The van der Waals surface area contributed by atoms with Crippen LogP contribution in [0.15, 0.2) is 34.9 Å². The largest absolute Gasteiger partial charge is 0.381 e. The summed E-state index contributed by atoms with van der Waals surface area (Å²) >= 11 is 6.20. The molecule has 3 rings (SSSR count). The number of nitrogens with zero attached hydrogens (tertiary/aromatic N) is 1. The second-order valence-corrected chi connectivity index (χ2v) is 7.26. The van der Waals surface area contributed by atoms with E-state index >= 15 is 0 Å². The number of ether oxygens (including phenoxy) is 1. The van der Waals surface area contributed by atoms with Gasteiger partial charge in [-0.1, -0.05) is 28.9 Å². The molecule has 0 spiro atoms. The average molecular weight is 378 g/mol. The monoisotopic (exact) mass is 377 g/mol. The van der Waals surface area contributed by atoms with Gasteiger partial charge in [-0.3, -0.25) is 10.1 Å². The average Bonchev–Trinajstić information content (AvgIpc) is 3.05. The fourth-order valence-electron chi connectivity index (χ4n) is 3.24. The second-order valence-electron chi connectivity index (χ2n) is 6.83. The van der Waals surface area contributed by atoms with E-state index < -0.39 is 0 Å². The number of aromatic nitrogens is 1. The molecular weight excluding hydrogens is 354 g/mol. The third-order valence-electron chi connectivity index (χ3n) is 4.90. The SMILES string of the molecule is Cc1cc(NC(=O)[C@@H](C)NCC2(c3cccc(Cl)c3)CCOCC2)on1. The molecule has 6 nitrogen and oxygen atoms in total. The molecule has 1 aliphatic rings. The number of anilines is 1. The van der Waals surface area contributed by atoms with Crippen LogP contribution in [0, 0.1) is 6.92 Å². The van der Waals surface area contributed by atoms with Crippen LogP contribution in [0.1, 0.15) is 31.0 Å². The molecule has 0 aliphatic carbocycles. The Hall–Kier alpha value is -1.89. The maximum Gasteiger partial charge on any atom is 0.243 e. The van der Waals surface area contributed by atoms with Crippen molar-refractivity contribution in [1.82, 2.24) is 10.5 Å². The van der Waals surface area contributed by atoms with Gasteiger partial charge in [-0.15, -0.1) is 0 Å². The molecule has 0 bridgehead atoms. The first kappa shape index (κ1) is 18.9. The first-order valence-electron chi connectivity index (χ1n) is 8.80. The van der Waals surface area contributed by atoms with E-state index in [1.807, 2.05) is 25.1 Å². The summed E-state index contributed by atoms with van der Waals surface area (Å²) in [6.45, 7) is 5.71. The molecule has 1 aromatic carbocycles. The van der Waals surface area contributed by atoms with Crippen LogP contribution in [-0.4, -0.2) is 36.9 Å². The van der Waals surface area contributed by atoms with E-state index in [4.69, 9.17) is 20.9 Å². The van der Waals surface area contributed by atoms with E-state index in [9.17, 15) is 4.79 Å². The summed E-state index contributed by atoms with van der Waals surface area (Å²) < 4.78 is 10.6. The lowest BCUT2D eigenvalue weighted by Gasteiger charge is -2.38. The third kappa shape index (κ3) is 4.44. The van der Waals surface area contributed by atoms with Crippen LogP contribution in [0.2, 0.25) is 5.02 Å². The van der Waals surface area contributed by atoms with E-state index in [0.717, 1.165) is 23.6 Å². The number of hydrogen-bond acceptors (Lipinski definition) is 5. The minimum absolute atomic E-state index is 0.0967. The standard InChI is InChI=1S/C19H24ClN3O3/c1-13-10-17(26-23-13)22-18(24)14(2)21-12-19(6-8-25-9-7-19)15-4-3-5-16(20)11-15/h3-5,10-11,14,21H,6-9,12H2,1-2H3,(H,22,24)/t14-/m1/s1. The fraction of sp³-hybridized carbons (Fsp3) is 0.474. The van der Waals surface area contributed by atoms with Crippen LogP contribution in [-0.2, 0) is 14.9 Å². The molecule has 1 atom stereocenters. The molecule has 2 heterocycles. The highest BCUT2D eigenvalue weighted by molar-refractivity contribution is 6.30. The van der Waals surface area contributed by atoms with Crippen LogP contribution in [0.4, 0.5) is 5.88 Å². The van der Waals surface area contributed by atoms with Gasteiger partial charge in [0.1, 0.15) is 0 Å². The first-order chi connectivity index (χ1) is 12.5. The van der Waals surface area contributed by atoms with Gasteiger partial charge in [0.05, 0.1) is 11.7 Å². The lowest BCUT2D eigenvalue weighted by Crippen LogP contribution is -2.48. The van der Waals surface area contributed by atoms with Gasteiger partial charge in [-0.2, -0.15) is 0 Å². The van der Waals surface area contributed by atoms with Crippen molar-refractivity contribution in [2.24, 2.45) is 0 Å². The highest BCUT2D eigenvalue weighted by Gasteiger charge is 2.35. The van der Waals surface area contributed by atoms with Crippen LogP contribution in [0.5, 0.6) is 0 Å². The Kier molecular flexibility index (Phi) is 5.96. The highest BCUT2D eigenvalue weighted by atomic mass is 35.5. The Morgan fingerprint density at radius 2 is 2.12 bits per heavy atom. The minimum Gasteiger partial charge on any atom is -0.381 e. The van der Waals surface area contributed by atoms with Gasteiger partial charge in [-0.05, 0) is 44.4 Å². The van der Waals surface area contributed by atoms with Gasteiger partial charge in [0.25, 0.3) is 0 Å². The number of halogens is 1. The number of hydrogen-bond donors (Lipinski definition) is 2. The molecule has 2 aromatic rings. The van der Waals surface area contributed by atoms with Crippen molar-refractivity contribution in [2.75, 3.05) is 25.1 Å². The Morgan fingerprint density at radius 3 is 2.77 bits per heavy atom. The summed E-state index contributed by atoms with van der Waals surface area (Å²) in [5, 5.41) is 10.6. The zero-order chi connectivity index (χ0) is 18.6. The number of carbonyl (C=O) groups excluding carboxylic acids is 1. The Labute approximate surface area is 158 Å². The van der Waals surface area contributed by atoms with Crippen LogP contribution in [0.3, 0.4) is 0 Å². The van der Waals surface area contributed by atoms with Crippen molar-refractivity contribution in [3.05, 3.63) is 46.6 Å². The Bertz CT molecular complexity index is 756. The van der Waals surface area contributed by atoms with Gasteiger partial charge >= 0.3 is 0 Å². The van der Waals surface area contributed by atoms with E-state index in [-0.39, 0.29) is 17.4 Å². The predicted molar refractivity (Wildman–Crippen MR) is 101 cm³/mol. The molecule has 2 N–H and O–H groups in total. The van der Waals surface area contributed by atoms with Crippen molar-refractivity contribution < 1.29 is 14.1 Å². The molecule has 0 radical (unpaired) electrons. The number of nitrogens with one attached hydrogen (secondary N) is 2. The lowest BCUT2D eigenvalue weighted by atomic mass is 9.74. The molecule has 1 amide bonds. The minimum atomic E-state index is -0.376. The molecule has 140 valence electrons. The normalized spacial score (nSPS) is 17.7. The van der Waals surface area contributed by atoms with Crippen molar-refractivity contribution in [2.45, 2.75) is 38.1 Å². The zero-order valence-electron chi connectivity index (χ0n) is 15.0. The molecule has 1 aliphatic heterocycles. The fourth-order valence-corrected chi connectivity index (χ4v) is 3.43. The lowest BCUT2D eigenvalue weighted by molar-refractivity contribution is -0.118. The molecule has 1 fully saturated rings. The predicted octanol–water partition coefficient (Wildman–Crippen LogP) is 3.30. The topological polar surface area (TPSA) is 76.4 Å². The van der Waals surface area contributed by atoms with E-state index in [0.29, 0.717) is 25.6 Å². The molecule has 7 heteroatoms. The molecule has 1 saturated heterocycles. The number of rotatable bonds is 6. The van der Waals surface area contributed by atoms with Gasteiger partial charge < -0.3 is 14.6 Å². The first-order valence-corrected chi connectivity index (χ1v) is 9.18. The summed E-state index contributed by atoms with van der Waals surface area (Å²) in [7, 11) is 0. The molecule has 0 saturated carbocycles. The third-order valence-corrected chi connectivity index (χ3v) is 5.14. The molecule has 1 aromatic heterocycles. The summed E-state index contributed by atoms with van der Waals surface area (Å²) in [4.78, 5) is 12.4. The highest BCUT2D eigenvalue weighted by Crippen LogP contribution is 2.35. The van der Waals surface area contributed by atoms with Crippen LogP contribution in [0.25, 0.3) is 0 Å². The van der Waals surface area contributed by atoms with Crippen molar-refractivity contribution in [3.63, 3.8) is 0 Å². The maximum atomic E-state index is 12.4. The van der Waals surface area contributed by atoms with Crippen molar-refractivity contribution in [1.29, 1.82) is 0 Å². The van der Waals surface area contributed by atoms with Gasteiger partial charge in [-0.25, -0.2) is 0 Å². The number of benzene rings is 1. The maximum absolute atomic E-state index is 12.4. The number of aryl methyl sites for hydroxylation is 1. The van der Waals surface area contributed by atoms with Gasteiger partial charge in [0.2, 0.25) is 11.8 Å². The van der Waals surface area contributed by atoms with Crippen molar-refractivity contribution >= 4 is 23.4 Å². The Balaban J connectivity index is 1.66. The summed E-state index contributed by atoms with van der Waals surface area (Å²) in [5.74, 6) is 0.200.